The van der Waals surface area contributed by atoms with E-state index in [4.69, 9.17) is 27.8 Å². The van der Waals surface area contributed by atoms with Gasteiger partial charge in [-0.2, -0.15) is 0 Å². The highest BCUT2D eigenvalue weighted by atomic mass is 35.5. The number of nitrogen functional groups attached to an aromatic ring is 1. The van der Waals surface area contributed by atoms with Crippen molar-refractivity contribution in [2.24, 2.45) is 5.73 Å². The van der Waals surface area contributed by atoms with E-state index < -0.39 is 5.91 Å². The van der Waals surface area contributed by atoms with E-state index >= 15 is 0 Å². The first-order valence-electron chi connectivity index (χ1n) is 6.27. The van der Waals surface area contributed by atoms with E-state index in [9.17, 15) is 4.79 Å². The van der Waals surface area contributed by atoms with Gasteiger partial charge in [0.05, 0.1) is 23.4 Å². The fourth-order valence-electron chi connectivity index (χ4n) is 2.03. The van der Waals surface area contributed by atoms with Crippen molar-refractivity contribution < 1.29 is 9.53 Å². The van der Waals surface area contributed by atoms with Crippen LogP contribution in [0.2, 0.25) is 5.02 Å². The van der Waals surface area contributed by atoms with E-state index in [1.807, 2.05) is 24.3 Å². The van der Waals surface area contributed by atoms with Crippen LogP contribution in [0.5, 0.6) is 5.75 Å². The smallest absolute Gasteiger partial charge is 0.250 e. The number of para-hydroxylation sites is 1. The van der Waals surface area contributed by atoms with Crippen molar-refractivity contribution in [1.29, 1.82) is 0 Å². The Labute approximate surface area is 127 Å². The standard InChI is InChI=1S/C15H16ClN3O2/c1-21-13-5-3-2-4-9(13)8-19-14-11(15(18)20)6-10(17)7-12(14)16/h2-7,19H,8,17H2,1H3,(H2,18,20). The molecule has 0 heterocycles. The molecule has 5 N–H and O–H groups in total. The molecule has 2 aromatic carbocycles. The number of amides is 1. The van der Waals surface area contributed by atoms with Gasteiger partial charge in [0.25, 0.3) is 5.91 Å². The van der Waals surface area contributed by atoms with Crippen LogP contribution in [-0.4, -0.2) is 13.0 Å². The number of benzene rings is 2. The van der Waals surface area contributed by atoms with Gasteiger partial charge in [0, 0.05) is 17.8 Å². The molecule has 6 heteroatoms. The van der Waals surface area contributed by atoms with E-state index in [1.165, 1.54) is 6.07 Å². The number of rotatable bonds is 5. The second-order valence-electron chi connectivity index (χ2n) is 4.45. The second-order valence-corrected chi connectivity index (χ2v) is 4.86. The summed E-state index contributed by atoms with van der Waals surface area (Å²) in [6.45, 7) is 0.438. The van der Waals surface area contributed by atoms with Crippen molar-refractivity contribution >= 4 is 28.9 Å². The minimum absolute atomic E-state index is 0.259. The van der Waals surface area contributed by atoms with Gasteiger partial charge in [0.2, 0.25) is 0 Å². The van der Waals surface area contributed by atoms with E-state index in [0.717, 1.165) is 11.3 Å². The molecular weight excluding hydrogens is 290 g/mol. The fourth-order valence-corrected chi connectivity index (χ4v) is 2.33. The van der Waals surface area contributed by atoms with Crippen LogP contribution in [0.3, 0.4) is 0 Å². The minimum atomic E-state index is -0.591. The molecule has 110 valence electrons. The Kier molecular flexibility index (Phi) is 4.55. The highest BCUT2D eigenvalue weighted by Crippen LogP contribution is 2.30. The molecule has 0 aliphatic carbocycles. The van der Waals surface area contributed by atoms with Gasteiger partial charge >= 0.3 is 0 Å². The molecule has 2 aromatic rings. The van der Waals surface area contributed by atoms with Crippen molar-refractivity contribution in [3.05, 3.63) is 52.5 Å². The van der Waals surface area contributed by atoms with Crippen molar-refractivity contribution in [1.82, 2.24) is 0 Å². The Bertz CT molecular complexity index is 674. The minimum Gasteiger partial charge on any atom is -0.496 e. The number of primary amides is 1. The van der Waals surface area contributed by atoms with Crippen LogP contribution in [0.25, 0.3) is 0 Å². The molecular formula is C15H16ClN3O2. The number of carbonyl (C=O) groups is 1. The Morgan fingerprint density at radius 2 is 2.05 bits per heavy atom. The molecule has 2 rings (SSSR count). The summed E-state index contributed by atoms with van der Waals surface area (Å²) >= 11 is 6.14. The molecule has 0 radical (unpaired) electrons. The molecule has 0 saturated heterocycles. The van der Waals surface area contributed by atoms with Gasteiger partial charge in [0.15, 0.2) is 0 Å². The first-order valence-corrected chi connectivity index (χ1v) is 6.65. The quantitative estimate of drug-likeness (QED) is 0.741. The number of nitrogens with one attached hydrogen (secondary N) is 1. The molecule has 21 heavy (non-hydrogen) atoms. The Hall–Kier alpha value is -2.40. The highest BCUT2D eigenvalue weighted by molar-refractivity contribution is 6.34. The lowest BCUT2D eigenvalue weighted by molar-refractivity contribution is 0.100. The second kappa shape index (κ2) is 6.37. The number of anilines is 2. The summed E-state index contributed by atoms with van der Waals surface area (Å²) in [5, 5.41) is 3.46. The molecule has 5 nitrogen and oxygen atoms in total. The number of carbonyl (C=O) groups excluding carboxylic acids is 1. The summed E-state index contributed by atoms with van der Waals surface area (Å²) in [5.41, 5.74) is 13.1. The van der Waals surface area contributed by atoms with Crippen LogP contribution in [0.1, 0.15) is 15.9 Å². The first-order chi connectivity index (χ1) is 10.0. The third-order valence-electron chi connectivity index (χ3n) is 3.03. The van der Waals surface area contributed by atoms with E-state index in [2.05, 4.69) is 5.32 Å². The monoisotopic (exact) mass is 305 g/mol. The summed E-state index contributed by atoms with van der Waals surface area (Å²) in [4.78, 5) is 11.5. The van der Waals surface area contributed by atoms with Crippen molar-refractivity contribution in [2.75, 3.05) is 18.2 Å². The predicted octanol–water partition coefficient (Wildman–Crippen LogP) is 2.64. The van der Waals surface area contributed by atoms with Gasteiger partial charge in [-0.1, -0.05) is 29.8 Å². The Morgan fingerprint density at radius 3 is 2.71 bits per heavy atom. The predicted molar refractivity (Wildman–Crippen MR) is 84.7 cm³/mol. The van der Waals surface area contributed by atoms with E-state index in [1.54, 1.807) is 13.2 Å². The maximum Gasteiger partial charge on any atom is 0.250 e. The molecule has 0 aliphatic heterocycles. The zero-order valence-corrected chi connectivity index (χ0v) is 12.3. The maximum atomic E-state index is 11.5. The van der Waals surface area contributed by atoms with Gasteiger partial charge < -0.3 is 21.5 Å². The lowest BCUT2D eigenvalue weighted by Gasteiger charge is -2.14. The van der Waals surface area contributed by atoms with Crippen molar-refractivity contribution in [3.8, 4) is 5.75 Å². The number of nitrogens with two attached hydrogens (primary N) is 2. The first kappa shape index (κ1) is 15.0. The molecule has 1 amide bonds. The average Bonchev–Trinajstić information content (AvgIpc) is 2.45. The third-order valence-corrected chi connectivity index (χ3v) is 3.32. The Morgan fingerprint density at radius 1 is 1.33 bits per heavy atom. The molecule has 0 saturated carbocycles. The van der Waals surface area contributed by atoms with Gasteiger partial charge in [0.1, 0.15) is 5.75 Å². The highest BCUT2D eigenvalue weighted by Gasteiger charge is 2.13. The van der Waals surface area contributed by atoms with Crippen molar-refractivity contribution in [3.63, 3.8) is 0 Å². The van der Waals surface area contributed by atoms with Gasteiger partial charge in [-0.05, 0) is 18.2 Å². The third kappa shape index (κ3) is 3.38. The van der Waals surface area contributed by atoms with Crippen LogP contribution in [0.4, 0.5) is 11.4 Å². The van der Waals surface area contributed by atoms with Crippen molar-refractivity contribution in [2.45, 2.75) is 6.54 Å². The SMILES string of the molecule is COc1ccccc1CNc1c(Cl)cc(N)cc1C(N)=O. The van der Waals surface area contributed by atoms with Crippen LogP contribution in [0.15, 0.2) is 36.4 Å². The molecule has 0 fully saturated rings. The zero-order chi connectivity index (χ0) is 15.4. The molecule has 0 bridgehead atoms. The van der Waals surface area contributed by atoms with Gasteiger partial charge in [-0.3, -0.25) is 4.79 Å². The van der Waals surface area contributed by atoms with E-state index in [0.29, 0.717) is 22.9 Å². The summed E-state index contributed by atoms with van der Waals surface area (Å²) in [5.74, 6) is 0.156. The van der Waals surface area contributed by atoms with Gasteiger partial charge in [-0.25, -0.2) is 0 Å². The number of methoxy groups -OCH3 is 1. The fraction of sp³-hybridized carbons (Fsp3) is 0.133. The largest absolute Gasteiger partial charge is 0.496 e. The number of hydrogen-bond acceptors (Lipinski definition) is 4. The van der Waals surface area contributed by atoms with Gasteiger partial charge in [-0.15, -0.1) is 0 Å². The number of hydrogen-bond donors (Lipinski definition) is 3. The average molecular weight is 306 g/mol. The number of ether oxygens (including phenoxy) is 1. The van der Waals surface area contributed by atoms with E-state index in [-0.39, 0.29) is 5.56 Å². The molecule has 0 aliphatic rings. The van der Waals surface area contributed by atoms with Crippen LogP contribution < -0.4 is 21.5 Å². The maximum absolute atomic E-state index is 11.5. The summed E-state index contributed by atoms with van der Waals surface area (Å²) in [6.07, 6.45) is 0. The summed E-state index contributed by atoms with van der Waals surface area (Å²) in [7, 11) is 1.60. The van der Waals surface area contributed by atoms with Crippen LogP contribution in [0, 0.1) is 0 Å². The van der Waals surface area contributed by atoms with Crippen LogP contribution in [-0.2, 0) is 6.54 Å². The normalized spacial score (nSPS) is 10.2. The topological polar surface area (TPSA) is 90.4 Å². The lowest BCUT2D eigenvalue weighted by Crippen LogP contribution is -2.15. The molecule has 0 spiro atoms. The van der Waals surface area contributed by atoms with Crippen LogP contribution >= 0.6 is 11.6 Å². The molecule has 0 aromatic heterocycles. The summed E-state index contributed by atoms with van der Waals surface area (Å²) in [6, 6.07) is 10.6. The Balaban J connectivity index is 2.30. The summed E-state index contributed by atoms with van der Waals surface area (Å²) < 4.78 is 5.28. The molecule has 0 unspecified atom stereocenters. The molecule has 0 atom stereocenters. The zero-order valence-electron chi connectivity index (χ0n) is 11.5. The number of halogens is 1. The lowest BCUT2D eigenvalue weighted by atomic mass is 10.1.